The summed E-state index contributed by atoms with van der Waals surface area (Å²) in [6.07, 6.45) is 3.33. The van der Waals surface area contributed by atoms with Crippen LogP contribution in [0.4, 0.5) is 5.69 Å². The molecule has 0 aliphatic rings. The molecule has 1 amide bonds. The number of aromatic nitrogens is 2. The highest BCUT2D eigenvalue weighted by Crippen LogP contribution is 2.41. The Morgan fingerprint density at radius 3 is 2.26 bits per heavy atom. The smallest absolute Gasteiger partial charge is 0.256 e. The van der Waals surface area contributed by atoms with Crippen molar-refractivity contribution in [2.75, 3.05) is 12.4 Å². The first-order valence-corrected chi connectivity index (χ1v) is 10.5. The first-order valence-electron chi connectivity index (χ1n) is 10.5. The fourth-order valence-corrected chi connectivity index (χ4v) is 4.08. The third-order valence-corrected chi connectivity index (χ3v) is 5.71. The minimum absolute atomic E-state index is 0.287. The van der Waals surface area contributed by atoms with E-state index in [1.54, 1.807) is 74.2 Å². The summed E-state index contributed by atoms with van der Waals surface area (Å²) in [5.41, 5.74) is 2.44. The molecule has 0 saturated heterocycles. The van der Waals surface area contributed by atoms with E-state index in [1.165, 1.54) is 0 Å². The van der Waals surface area contributed by atoms with Gasteiger partial charge in [0, 0.05) is 31.0 Å². The van der Waals surface area contributed by atoms with E-state index in [9.17, 15) is 15.3 Å². The van der Waals surface area contributed by atoms with Crippen LogP contribution in [0, 0.1) is 22.7 Å². The third kappa shape index (κ3) is 3.93. The molecular formula is C27H21N5O2. The van der Waals surface area contributed by atoms with Crippen LogP contribution < -0.4 is 5.32 Å². The maximum absolute atomic E-state index is 13.5. The highest BCUT2D eigenvalue weighted by Gasteiger charge is 2.42. The SMILES string of the molecule is COC(c1ccc(C#N)cc1)(c1ccc(C#N)cc1C(=O)Nc1ccccc1)c1cncn1C. The maximum Gasteiger partial charge on any atom is 0.256 e. The van der Waals surface area contributed by atoms with Crippen LogP contribution >= 0.6 is 0 Å². The molecule has 3 aromatic carbocycles. The highest BCUT2D eigenvalue weighted by atomic mass is 16.5. The largest absolute Gasteiger partial charge is 0.362 e. The number of nitrogens with one attached hydrogen (secondary N) is 1. The second-order valence-electron chi connectivity index (χ2n) is 7.66. The van der Waals surface area contributed by atoms with E-state index < -0.39 is 5.60 Å². The van der Waals surface area contributed by atoms with Crippen molar-refractivity contribution in [3.63, 3.8) is 0 Å². The lowest BCUT2D eigenvalue weighted by molar-refractivity contribution is 0.0513. The van der Waals surface area contributed by atoms with Crippen molar-refractivity contribution in [2.24, 2.45) is 7.05 Å². The van der Waals surface area contributed by atoms with Gasteiger partial charge in [0.15, 0.2) is 5.60 Å². The predicted molar refractivity (Wildman–Crippen MR) is 127 cm³/mol. The zero-order valence-electron chi connectivity index (χ0n) is 18.7. The van der Waals surface area contributed by atoms with Crippen LogP contribution in [0.2, 0.25) is 0 Å². The summed E-state index contributed by atoms with van der Waals surface area (Å²) < 4.78 is 8.03. The number of hydrogen-bond acceptors (Lipinski definition) is 5. The molecule has 7 heteroatoms. The third-order valence-electron chi connectivity index (χ3n) is 5.71. The Labute approximate surface area is 197 Å². The Morgan fingerprint density at radius 2 is 1.68 bits per heavy atom. The van der Waals surface area contributed by atoms with E-state index in [0.717, 1.165) is 0 Å². The first kappa shape index (κ1) is 22.5. The van der Waals surface area contributed by atoms with E-state index in [1.807, 2.05) is 29.8 Å². The molecule has 4 rings (SSSR count). The summed E-state index contributed by atoms with van der Waals surface area (Å²) in [7, 11) is 3.40. The Hall–Kier alpha value is -4.72. The maximum atomic E-state index is 13.5. The van der Waals surface area contributed by atoms with Crippen molar-refractivity contribution in [1.29, 1.82) is 10.5 Å². The van der Waals surface area contributed by atoms with Gasteiger partial charge in [0.25, 0.3) is 5.91 Å². The molecule has 0 saturated carbocycles. The normalized spacial score (nSPS) is 12.2. The summed E-state index contributed by atoms with van der Waals surface area (Å²) in [4.78, 5) is 17.8. The van der Waals surface area contributed by atoms with Gasteiger partial charge in [0.1, 0.15) is 0 Å². The number of carbonyl (C=O) groups excluding carboxylic acids is 1. The van der Waals surface area contributed by atoms with Crippen molar-refractivity contribution >= 4 is 11.6 Å². The molecule has 1 N–H and O–H groups in total. The number of benzene rings is 3. The molecule has 0 radical (unpaired) electrons. The second-order valence-corrected chi connectivity index (χ2v) is 7.66. The molecule has 0 bridgehead atoms. The Bertz CT molecular complexity index is 1410. The molecule has 7 nitrogen and oxygen atoms in total. The Kier molecular flexibility index (Phi) is 6.22. The van der Waals surface area contributed by atoms with Gasteiger partial charge in [-0.25, -0.2) is 4.98 Å². The summed E-state index contributed by atoms with van der Waals surface area (Å²) in [6, 6.07) is 25.3. The van der Waals surface area contributed by atoms with E-state index in [2.05, 4.69) is 22.4 Å². The second kappa shape index (κ2) is 9.41. The molecule has 1 unspecified atom stereocenters. The number of rotatable bonds is 6. The highest BCUT2D eigenvalue weighted by molar-refractivity contribution is 6.06. The molecule has 34 heavy (non-hydrogen) atoms. The summed E-state index contributed by atoms with van der Waals surface area (Å²) in [5, 5.41) is 21.7. The number of ether oxygens (including phenoxy) is 1. The molecule has 0 fully saturated rings. The van der Waals surface area contributed by atoms with Crippen molar-refractivity contribution < 1.29 is 9.53 Å². The summed E-state index contributed by atoms with van der Waals surface area (Å²) in [5.74, 6) is -0.379. The average Bonchev–Trinajstić information content (AvgIpc) is 3.32. The molecule has 1 atom stereocenters. The van der Waals surface area contributed by atoms with Crippen molar-refractivity contribution in [3.05, 3.63) is 119 Å². The van der Waals surface area contributed by atoms with Crippen molar-refractivity contribution in [1.82, 2.24) is 9.55 Å². The van der Waals surface area contributed by atoms with Gasteiger partial charge in [0.05, 0.1) is 41.5 Å². The molecule has 4 aromatic rings. The fraction of sp³-hybridized carbons (Fsp3) is 0.111. The van der Waals surface area contributed by atoms with Crippen LogP contribution in [-0.4, -0.2) is 22.6 Å². The lowest BCUT2D eigenvalue weighted by Gasteiger charge is -2.35. The van der Waals surface area contributed by atoms with Gasteiger partial charge in [0.2, 0.25) is 0 Å². The predicted octanol–water partition coefficient (Wildman–Crippen LogP) is 4.35. The first-order chi connectivity index (χ1) is 16.5. The monoisotopic (exact) mass is 447 g/mol. The number of para-hydroxylation sites is 1. The average molecular weight is 447 g/mol. The minimum atomic E-state index is -1.24. The van der Waals surface area contributed by atoms with E-state index in [4.69, 9.17) is 4.74 Å². The van der Waals surface area contributed by atoms with Gasteiger partial charge >= 0.3 is 0 Å². The zero-order valence-corrected chi connectivity index (χ0v) is 18.7. The molecule has 166 valence electrons. The van der Waals surface area contributed by atoms with Gasteiger partial charge < -0.3 is 14.6 Å². The molecule has 1 aromatic heterocycles. The minimum Gasteiger partial charge on any atom is -0.362 e. The topological polar surface area (TPSA) is 104 Å². The van der Waals surface area contributed by atoms with E-state index in [-0.39, 0.29) is 11.5 Å². The Balaban J connectivity index is 1.98. The molecular weight excluding hydrogens is 426 g/mol. The standard InChI is InChI=1S/C27H21N5O2/c1-32-18-30-17-25(32)27(34-2,21-11-8-19(15-28)9-12-21)24-13-10-20(16-29)14-23(24)26(33)31-22-6-4-3-5-7-22/h3-14,17-18H,1-2H3,(H,31,33). The number of carbonyl (C=O) groups is 1. The number of amides is 1. The van der Waals surface area contributed by atoms with Crippen LogP contribution in [-0.2, 0) is 17.4 Å². The summed E-state index contributed by atoms with van der Waals surface area (Å²) >= 11 is 0. The van der Waals surface area contributed by atoms with Crippen LogP contribution in [0.1, 0.15) is 38.3 Å². The number of anilines is 1. The zero-order chi connectivity index (χ0) is 24.1. The lowest BCUT2D eigenvalue weighted by Crippen LogP contribution is -2.36. The van der Waals surface area contributed by atoms with Crippen molar-refractivity contribution in [2.45, 2.75) is 5.60 Å². The van der Waals surface area contributed by atoms with E-state index >= 15 is 0 Å². The van der Waals surface area contributed by atoms with Crippen LogP contribution in [0.3, 0.4) is 0 Å². The molecule has 0 aliphatic heterocycles. The number of aryl methyl sites for hydroxylation is 1. The number of hydrogen-bond donors (Lipinski definition) is 1. The molecule has 1 heterocycles. The van der Waals surface area contributed by atoms with Crippen molar-refractivity contribution in [3.8, 4) is 12.1 Å². The van der Waals surface area contributed by atoms with Gasteiger partial charge in [-0.3, -0.25) is 4.79 Å². The van der Waals surface area contributed by atoms with Gasteiger partial charge in [-0.05, 0) is 42.0 Å². The number of methoxy groups -OCH3 is 1. The lowest BCUT2D eigenvalue weighted by atomic mass is 9.80. The number of nitriles is 2. The quantitative estimate of drug-likeness (QED) is 0.473. The van der Waals surface area contributed by atoms with Crippen LogP contribution in [0.5, 0.6) is 0 Å². The Morgan fingerprint density at radius 1 is 1.00 bits per heavy atom. The van der Waals surface area contributed by atoms with Gasteiger partial charge in [-0.2, -0.15) is 10.5 Å². The summed E-state index contributed by atoms with van der Waals surface area (Å²) in [6.45, 7) is 0. The van der Waals surface area contributed by atoms with Crippen LogP contribution in [0.15, 0.2) is 85.3 Å². The molecule has 0 aliphatic carbocycles. The van der Waals surface area contributed by atoms with Crippen LogP contribution in [0.25, 0.3) is 0 Å². The van der Waals surface area contributed by atoms with Gasteiger partial charge in [-0.15, -0.1) is 0 Å². The molecule has 0 spiro atoms. The van der Waals surface area contributed by atoms with E-state index in [0.29, 0.717) is 33.6 Å². The number of nitrogens with zero attached hydrogens (tertiary/aromatic N) is 4. The fourth-order valence-electron chi connectivity index (χ4n) is 4.08. The van der Waals surface area contributed by atoms with Gasteiger partial charge in [-0.1, -0.05) is 36.4 Å². The number of imidazole rings is 1.